The van der Waals surface area contributed by atoms with Crippen molar-refractivity contribution in [2.75, 3.05) is 33.9 Å². The van der Waals surface area contributed by atoms with Crippen LogP contribution in [-0.2, 0) is 26.1 Å². The first-order valence-corrected chi connectivity index (χ1v) is 12.8. The average Bonchev–Trinajstić information content (AvgIpc) is 3.13. The number of hydrogen-bond donors (Lipinski definition) is 0. The number of methoxy groups -OCH3 is 1. The molecule has 0 bridgehead atoms. The highest BCUT2D eigenvalue weighted by Crippen LogP contribution is 2.26. The van der Waals surface area contributed by atoms with Crippen molar-refractivity contribution in [3.8, 4) is 5.75 Å². The summed E-state index contributed by atoms with van der Waals surface area (Å²) in [5.41, 5.74) is 2.05. The van der Waals surface area contributed by atoms with E-state index in [4.69, 9.17) is 9.47 Å². The molecule has 1 heterocycles. The van der Waals surface area contributed by atoms with Gasteiger partial charge in [-0.15, -0.1) is 0 Å². The number of amides is 1. The number of esters is 1. The molecule has 1 fully saturated rings. The molecule has 1 aliphatic heterocycles. The van der Waals surface area contributed by atoms with E-state index in [2.05, 4.69) is 0 Å². The molecular weight excluding hydrogens is 456 g/mol. The van der Waals surface area contributed by atoms with E-state index in [0.717, 1.165) is 36.8 Å². The summed E-state index contributed by atoms with van der Waals surface area (Å²) < 4.78 is 38.2. The van der Waals surface area contributed by atoms with Gasteiger partial charge in [0.2, 0.25) is 10.0 Å². The molecule has 1 amide bonds. The maximum atomic E-state index is 13.1. The first-order chi connectivity index (χ1) is 16.2. The Labute approximate surface area is 201 Å². The number of rotatable bonds is 8. The Morgan fingerprint density at radius 1 is 1.00 bits per heavy atom. The number of aryl methyl sites for hydroxylation is 1. The first-order valence-electron chi connectivity index (χ1n) is 11.4. The van der Waals surface area contributed by atoms with E-state index in [1.54, 1.807) is 7.05 Å². The summed E-state index contributed by atoms with van der Waals surface area (Å²) in [5, 5.41) is 0. The minimum Gasteiger partial charge on any atom is -0.496 e. The van der Waals surface area contributed by atoms with Gasteiger partial charge in [-0.3, -0.25) is 4.79 Å². The van der Waals surface area contributed by atoms with Gasteiger partial charge in [0.25, 0.3) is 5.91 Å². The third-order valence-electron chi connectivity index (χ3n) is 5.89. The Morgan fingerprint density at radius 3 is 2.26 bits per heavy atom. The lowest BCUT2D eigenvalue weighted by atomic mass is 10.1. The van der Waals surface area contributed by atoms with Gasteiger partial charge in [-0.25, -0.2) is 13.2 Å². The molecule has 3 rings (SSSR count). The summed E-state index contributed by atoms with van der Waals surface area (Å²) in [5.74, 6) is -1.01. The number of carbonyl (C=O) groups is 2. The molecule has 0 atom stereocenters. The lowest BCUT2D eigenvalue weighted by Gasteiger charge is -2.21. The predicted molar refractivity (Wildman–Crippen MR) is 128 cm³/mol. The molecule has 0 spiro atoms. The van der Waals surface area contributed by atoms with E-state index in [-0.39, 0.29) is 22.1 Å². The van der Waals surface area contributed by atoms with E-state index < -0.39 is 22.6 Å². The van der Waals surface area contributed by atoms with Crippen LogP contribution in [0.15, 0.2) is 47.4 Å². The van der Waals surface area contributed by atoms with Crippen molar-refractivity contribution in [1.82, 2.24) is 9.21 Å². The topological polar surface area (TPSA) is 93.2 Å². The maximum absolute atomic E-state index is 13.1. The normalized spacial score (nSPS) is 14.8. The molecule has 2 aromatic carbocycles. The molecule has 1 saturated heterocycles. The van der Waals surface area contributed by atoms with Crippen LogP contribution in [-0.4, -0.2) is 63.4 Å². The van der Waals surface area contributed by atoms with E-state index in [0.29, 0.717) is 19.6 Å². The average molecular weight is 489 g/mol. The maximum Gasteiger partial charge on any atom is 0.342 e. The monoisotopic (exact) mass is 488 g/mol. The van der Waals surface area contributed by atoms with Crippen LogP contribution in [0.5, 0.6) is 5.75 Å². The quantitative estimate of drug-likeness (QED) is 0.529. The number of hydrogen-bond acceptors (Lipinski definition) is 6. The minimum atomic E-state index is -3.75. The minimum absolute atomic E-state index is 0.00460. The van der Waals surface area contributed by atoms with Crippen LogP contribution >= 0.6 is 0 Å². The van der Waals surface area contributed by atoms with Gasteiger partial charge in [-0.1, -0.05) is 42.7 Å². The zero-order chi connectivity index (χ0) is 24.7. The molecule has 9 heteroatoms. The number of benzene rings is 2. The molecule has 0 aliphatic carbocycles. The van der Waals surface area contributed by atoms with Crippen LogP contribution in [0.2, 0.25) is 0 Å². The van der Waals surface area contributed by atoms with E-state index >= 15 is 0 Å². The van der Waals surface area contributed by atoms with Gasteiger partial charge in [-0.05, 0) is 43.5 Å². The van der Waals surface area contributed by atoms with Crippen LogP contribution in [0.1, 0.15) is 47.2 Å². The molecule has 8 nitrogen and oxygen atoms in total. The summed E-state index contributed by atoms with van der Waals surface area (Å²) >= 11 is 0. The largest absolute Gasteiger partial charge is 0.496 e. The second-order valence-electron chi connectivity index (χ2n) is 8.49. The van der Waals surface area contributed by atoms with Gasteiger partial charge in [0, 0.05) is 26.7 Å². The van der Waals surface area contributed by atoms with Gasteiger partial charge < -0.3 is 14.4 Å². The molecule has 1 aliphatic rings. The van der Waals surface area contributed by atoms with Gasteiger partial charge >= 0.3 is 5.97 Å². The molecule has 0 unspecified atom stereocenters. The van der Waals surface area contributed by atoms with Crippen LogP contribution in [0, 0.1) is 6.92 Å². The highest BCUT2D eigenvalue weighted by molar-refractivity contribution is 7.89. The van der Waals surface area contributed by atoms with Crippen LogP contribution in [0.4, 0.5) is 0 Å². The molecule has 0 radical (unpaired) electrons. The van der Waals surface area contributed by atoms with Gasteiger partial charge in [0.15, 0.2) is 6.61 Å². The van der Waals surface area contributed by atoms with Gasteiger partial charge in [-0.2, -0.15) is 4.31 Å². The zero-order valence-corrected chi connectivity index (χ0v) is 20.8. The fourth-order valence-electron chi connectivity index (χ4n) is 3.81. The van der Waals surface area contributed by atoms with Crippen molar-refractivity contribution in [2.45, 2.75) is 44.0 Å². The number of carbonyl (C=O) groups excluding carboxylic acids is 2. The number of nitrogens with zero attached hydrogens (tertiary/aromatic N) is 2. The van der Waals surface area contributed by atoms with Gasteiger partial charge in [0.05, 0.1) is 12.0 Å². The lowest BCUT2D eigenvalue weighted by molar-refractivity contribution is -0.133. The SMILES string of the molecule is COc1ccc(S(=O)(=O)N2CCCCCC2)cc1C(=O)OCC(=O)N(C)Cc1ccc(C)cc1. The number of ether oxygens (including phenoxy) is 2. The molecule has 0 aromatic heterocycles. The fraction of sp³-hybridized carbons (Fsp3) is 0.440. The second kappa shape index (κ2) is 11.5. The van der Waals surface area contributed by atoms with E-state index in [9.17, 15) is 18.0 Å². The fourth-order valence-corrected chi connectivity index (χ4v) is 5.35. The number of sulfonamides is 1. The van der Waals surface area contributed by atoms with Crippen LogP contribution in [0.3, 0.4) is 0 Å². The Morgan fingerprint density at radius 2 is 1.65 bits per heavy atom. The zero-order valence-electron chi connectivity index (χ0n) is 20.0. The standard InChI is InChI=1S/C25H32N2O6S/c1-19-8-10-20(11-9-19)17-26(2)24(28)18-33-25(29)22-16-21(12-13-23(22)32-3)34(30,31)27-14-6-4-5-7-15-27/h8-13,16H,4-7,14-15,17-18H2,1-3H3. The third-order valence-corrected chi connectivity index (χ3v) is 7.78. The Kier molecular flexibility index (Phi) is 8.68. The van der Waals surface area contributed by atoms with E-state index in [1.807, 2.05) is 31.2 Å². The van der Waals surface area contributed by atoms with E-state index in [1.165, 1.54) is 34.5 Å². The van der Waals surface area contributed by atoms with Crippen molar-refractivity contribution in [1.29, 1.82) is 0 Å². The number of likely N-dealkylation sites (N-methyl/N-ethyl adjacent to an activating group) is 1. The van der Waals surface area contributed by atoms with Crippen molar-refractivity contribution in [2.24, 2.45) is 0 Å². The van der Waals surface area contributed by atoms with Crippen molar-refractivity contribution >= 4 is 21.9 Å². The molecular formula is C25H32N2O6S. The Hall–Kier alpha value is -2.91. The van der Waals surface area contributed by atoms with Crippen LogP contribution < -0.4 is 4.74 Å². The molecule has 0 N–H and O–H groups in total. The highest BCUT2D eigenvalue weighted by atomic mass is 32.2. The lowest BCUT2D eigenvalue weighted by Crippen LogP contribution is -2.32. The Bertz CT molecular complexity index is 1110. The Balaban J connectivity index is 1.69. The summed E-state index contributed by atoms with van der Waals surface area (Å²) in [6.07, 6.45) is 3.61. The van der Waals surface area contributed by atoms with Crippen molar-refractivity contribution in [3.63, 3.8) is 0 Å². The van der Waals surface area contributed by atoms with Crippen LogP contribution in [0.25, 0.3) is 0 Å². The highest BCUT2D eigenvalue weighted by Gasteiger charge is 2.27. The van der Waals surface area contributed by atoms with Crippen molar-refractivity contribution < 1.29 is 27.5 Å². The summed E-state index contributed by atoms with van der Waals surface area (Å²) in [6, 6.07) is 11.9. The third kappa shape index (κ3) is 6.36. The van der Waals surface area contributed by atoms with Gasteiger partial charge in [0.1, 0.15) is 11.3 Å². The summed E-state index contributed by atoms with van der Waals surface area (Å²) in [7, 11) is -0.739. The van der Waals surface area contributed by atoms with Crippen molar-refractivity contribution in [3.05, 3.63) is 59.2 Å². The second-order valence-corrected chi connectivity index (χ2v) is 10.4. The first kappa shape index (κ1) is 25.7. The molecule has 34 heavy (non-hydrogen) atoms. The summed E-state index contributed by atoms with van der Waals surface area (Å²) in [6.45, 7) is 2.81. The molecule has 184 valence electrons. The molecule has 0 saturated carbocycles. The predicted octanol–water partition coefficient (Wildman–Crippen LogP) is 3.38. The summed E-state index contributed by atoms with van der Waals surface area (Å²) in [4.78, 5) is 26.7. The molecule has 2 aromatic rings. The smallest absolute Gasteiger partial charge is 0.342 e.